The quantitative estimate of drug-likeness (QED) is 0.259. The third kappa shape index (κ3) is 2.19. The molecule has 24 heavy (non-hydrogen) atoms. The Hall–Kier alpha value is -3.01. The van der Waals surface area contributed by atoms with E-state index in [1.165, 1.54) is 27.4 Å². The number of hydrogen-bond donors (Lipinski definition) is 2. The second kappa shape index (κ2) is 5.57. The summed E-state index contributed by atoms with van der Waals surface area (Å²) < 4.78 is 2.32. The van der Waals surface area contributed by atoms with Crippen LogP contribution in [0.3, 0.4) is 0 Å². The molecule has 4 rings (SSSR count). The normalized spacial score (nSPS) is 11.2. The number of benzene rings is 3. The Kier molecular flexibility index (Phi) is 3.38. The molecule has 0 aliphatic rings. The smallest absolute Gasteiger partial charge is 0.220 e. The van der Waals surface area contributed by atoms with Gasteiger partial charge in [-0.15, -0.1) is 0 Å². The number of nitrogens with zero attached hydrogens (tertiary/aromatic N) is 1. The van der Waals surface area contributed by atoms with Crippen LogP contribution in [-0.2, 0) is 6.44 Å². The lowest BCUT2D eigenvalue weighted by molar-refractivity contribution is -0.639. The molecule has 0 fully saturated rings. The van der Waals surface area contributed by atoms with Gasteiger partial charge in [-0.1, -0.05) is 24.3 Å². The lowest BCUT2D eigenvalue weighted by Gasteiger charge is -2.12. The van der Waals surface area contributed by atoms with E-state index in [0.717, 1.165) is 23.3 Å². The molecule has 0 aliphatic heterocycles. The lowest BCUT2D eigenvalue weighted by atomic mass is 9.97. The first-order valence-corrected chi connectivity index (χ1v) is 8.18. The zero-order valence-electron chi connectivity index (χ0n) is 13.7. The van der Waals surface area contributed by atoms with Gasteiger partial charge in [-0.3, -0.25) is 0 Å². The fraction of sp³-hybridized carbons (Fsp3) is 0.0500. The molecule has 3 nitrogen and oxygen atoms in total. The molecule has 0 saturated carbocycles. The standard InChI is InChI=1S/C20H18BN3/c21-12-24-19-11-15(23)7-9-17(19)16-8-6-14(22)10-18(16)20(24)13-4-2-1-3-5-13/h1-11,23H,12,21-22H2/p+1. The van der Waals surface area contributed by atoms with E-state index in [-0.39, 0.29) is 0 Å². The van der Waals surface area contributed by atoms with Crippen molar-refractivity contribution in [2.75, 3.05) is 11.5 Å². The van der Waals surface area contributed by atoms with Crippen LogP contribution >= 0.6 is 0 Å². The monoisotopic (exact) mass is 312 g/mol. The molecule has 1 heterocycles. The number of aromatic nitrogens is 1. The van der Waals surface area contributed by atoms with Crippen LogP contribution in [0.1, 0.15) is 0 Å². The Morgan fingerprint density at radius 1 is 0.750 bits per heavy atom. The van der Waals surface area contributed by atoms with Gasteiger partial charge in [0.2, 0.25) is 11.2 Å². The fourth-order valence-corrected chi connectivity index (χ4v) is 3.49. The van der Waals surface area contributed by atoms with E-state index in [1.807, 2.05) is 18.2 Å². The van der Waals surface area contributed by atoms with Gasteiger partial charge in [0.05, 0.1) is 10.8 Å². The molecule has 0 amide bonds. The van der Waals surface area contributed by atoms with E-state index in [4.69, 9.17) is 11.5 Å². The van der Waals surface area contributed by atoms with Gasteiger partial charge < -0.3 is 11.5 Å². The molecule has 0 aliphatic carbocycles. The van der Waals surface area contributed by atoms with Crippen LogP contribution in [0.25, 0.3) is 32.9 Å². The highest BCUT2D eigenvalue weighted by atomic mass is 15.0. The van der Waals surface area contributed by atoms with Gasteiger partial charge in [0.15, 0.2) is 7.85 Å². The summed E-state index contributed by atoms with van der Waals surface area (Å²) in [4.78, 5) is 0. The second-order valence-electron chi connectivity index (χ2n) is 6.04. The predicted molar refractivity (Wildman–Crippen MR) is 104 cm³/mol. The fourth-order valence-electron chi connectivity index (χ4n) is 3.49. The van der Waals surface area contributed by atoms with E-state index < -0.39 is 0 Å². The molecule has 0 radical (unpaired) electrons. The van der Waals surface area contributed by atoms with Crippen LogP contribution in [0.15, 0.2) is 66.7 Å². The van der Waals surface area contributed by atoms with Crippen molar-refractivity contribution < 1.29 is 4.57 Å². The maximum absolute atomic E-state index is 6.10. The van der Waals surface area contributed by atoms with Gasteiger partial charge in [0.1, 0.15) is 6.44 Å². The summed E-state index contributed by atoms with van der Waals surface area (Å²) in [6.07, 6.45) is 0.856. The Bertz CT molecular complexity index is 1060. The van der Waals surface area contributed by atoms with Crippen molar-refractivity contribution in [2.45, 2.75) is 6.44 Å². The number of anilines is 2. The Morgan fingerprint density at radius 2 is 1.42 bits per heavy atom. The van der Waals surface area contributed by atoms with Gasteiger partial charge in [-0.25, -0.2) is 0 Å². The van der Waals surface area contributed by atoms with Gasteiger partial charge >= 0.3 is 0 Å². The molecule has 1 aromatic heterocycles. The van der Waals surface area contributed by atoms with Gasteiger partial charge in [-0.05, 0) is 36.4 Å². The highest BCUT2D eigenvalue weighted by molar-refractivity contribution is 6.11. The van der Waals surface area contributed by atoms with Crippen molar-refractivity contribution in [1.82, 2.24) is 0 Å². The Balaban J connectivity index is 2.27. The van der Waals surface area contributed by atoms with Gasteiger partial charge in [0.25, 0.3) is 0 Å². The Labute approximate surface area is 141 Å². The van der Waals surface area contributed by atoms with E-state index >= 15 is 0 Å². The van der Waals surface area contributed by atoms with Crippen LogP contribution < -0.4 is 16.0 Å². The first-order chi connectivity index (χ1) is 11.7. The number of nitrogens with two attached hydrogens (primary N) is 2. The van der Waals surface area contributed by atoms with Crippen molar-refractivity contribution in [2.24, 2.45) is 0 Å². The molecular formula is C20H19BN3+. The maximum atomic E-state index is 6.10. The van der Waals surface area contributed by atoms with Crippen LogP contribution in [0.2, 0.25) is 0 Å². The molecule has 0 spiro atoms. The summed E-state index contributed by atoms with van der Waals surface area (Å²) >= 11 is 0. The minimum Gasteiger partial charge on any atom is -0.399 e. The first-order valence-electron chi connectivity index (χ1n) is 8.18. The molecule has 116 valence electrons. The van der Waals surface area contributed by atoms with Gasteiger partial charge in [0, 0.05) is 28.4 Å². The largest absolute Gasteiger partial charge is 0.399 e. The van der Waals surface area contributed by atoms with Crippen LogP contribution in [-0.4, -0.2) is 7.85 Å². The van der Waals surface area contributed by atoms with Crippen molar-refractivity contribution in [1.29, 1.82) is 0 Å². The summed E-state index contributed by atoms with van der Waals surface area (Å²) in [5.74, 6) is 0. The molecule has 4 N–H and O–H groups in total. The maximum Gasteiger partial charge on any atom is 0.220 e. The van der Waals surface area contributed by atoms with Crippen molar-refractivity contribution in [3.05, 3.63) is 66.7 Å². The number of pyridine rings is 1. The van der Waals surface area contributed by atoms with E-state index in [2.05, 4.69) is 60.9 Å². The van der Waals surface area contributed by atoms with Gasteiger partial charge in [-0.2, -0.15) is 4.57 Å². The zero-order valence-corrected chi connectivity index (χ0v) is 13.7. The first kappa shape index (κ1) is 14.6. The average molecular weight is 312 g/mol. The topological polar surface area (TPSA) is 55.9 Å². The number of fused-ring (bicyclic) bond motifs is 3. The molecule has 0 unspecified atom stereocenters. The molecule has 4 aromatic rings. The summed E-state index contributed by atoms with van der Waals surface area (Å²) in [6.45, 7) is 0. The summed E-state index contributed by atoms with van der Waals surface area (Å²) in [5, 5.41) is 3.56. The van der Waals surface area contributed by atoms with E-state index in [0.29, 0.717) is 0 Å². The van der Waals surface area contributed by atoms with E-state index in [1.54, 1.807) is 0 Å². The lowest BCUT2D eigenvalue weighted by Crippen LogP contribution is -2.38. The molecule has 4 heteroatoms. The van der Waals surface area contributed by atoms with Crippen LogP contribution in [0.5, 0.6) is 0 Å². The molecule has 0 saturated heterocycles. The summed E-state index contributed by atoms with van der Waals surface area (Å²) in [6, 6.07) is 22.7. The molecule has 0 bridgehead atoms. The molecule has 0 atom stereocenters. The third-order valence-electron chi connectivity index (χ3n) is 4.53. The molecular weight excluding hydrogens is 293 g/mol. The van der Waals surface area contributed by atoms with Crippen molar-refractivity contribution in [3.8, 4) is 11.3 Å². The number of hydrogen-bond acceptors (Lipinski definition) is 2. The minimum atomic E-state index is 0.775. The van der Waals surface area contributed by atoms with Crippen LogP contribution in [0.4, 0.5) is 11.4 Å². The van der Waals surface area contributed by atoms with Crippen molar-refractivity contribution in [3.63, 3.8) is 0 Å². The average Bonchev–Trinajstić information content (AvgIpc) is 2.61. The minimum absolute atomic E-state index is 0.775. The van der Waals surface area contributed by atoms with Crippen molar-refractivity contribution >= 4 is 40.9 Å². The second-order valence-corrected chi connectivity index (χ2v) is 6.04. The zero-order chi connectivity index (χ0) is 16.7. The molecule has 3 aromatic carbocycles. The summed E-state index contributed by atoms with van der Waals surface area (Å²) in [7, 11) is 2.16. The number of nitrogen functional groups attached to an aromatic ring is 2. The van der Waals surface area contributed by atoms with E-state index in [9.17, 15) is 0 Å². The Morgan fingerprint density at radius 3 is 2.12 bits per heavy atom. The third-order valence-corrected chi connectivity index (χ3v) is 4.53. The highest BCUT2D eigenvalue weighted by Gasteiger charge is 2.22. The SMILES string of the molecule is BC[n+]1c(-c2ccccc2)c2cc(N)ccc2c2ccc(N)cc21. The number of rotatable bonds is 2. The highest BCUT2D eigenvalue weighted by Crippen LogP contribution is 2.33. The predicted octanol–water partition coefficient (Wildman–Crippen LogP) is 2.70. The van der Waals surface area contributed by atoms with Crippen LogP contribution in [0, 0.1) is 0 Å². The summed E-state index contributed by atoms with van der Waals surface area (Å²) in [5.41, 5.74) is 17.2.